The largest absolute Gasteiger partial charge is 0.504 e. The van der Waals surface area contributed by atoms with E-state index in [1.54, 1.807) is 18.2 Å². The molecule has 0 amide bonds. The van der Waals surface area contributed by atoms with E-state index in [2.05, 4.69) is 48.2 Å². The first-order valence-corrected chi connectivity index (χ1v) is 10.7. The zero-order chi connectivity index (χ0) is 20.9. The number of ether oxygens (including phenoxy) is 1. The minimum Gasteiger partial charge on any atom is -0.504 e. The fraction of sp³-hybridized carbons (Fsp3) is 0.308. The molecule has 1 saturated heterocycles. The molecule has 1 fully saturated rings. The molecule has 0 bridgehead atoms. The number of aromatic hydroxyl groups is 1. The summed E-state index contributed by atoms with van der Waals surface area (Å²) in [5.41, 5.74) is 3.51. The first-order chi connectivity index (χ1) is 14.7. The molecule has 2 N–H and O–H groups in total. The second-order valence-electron chi connectivity index (χ2n) is 7.88. The van der Waals surface area contributed by atoms with E-state index in [1.165, 1.54) is 11.1 Å². The van der Waals surface area contributed by atoms with Gasteiger partial charge in [-0.1, -0.05) is 61.5 Å². The van der Waals surface area contributed by atoms with Crippen LogP contribution in [0.4, 0.5) is 5.69 Å². The number of benzene rings is 3. The molecule has 1 aliphatic rings. The molecule has 4 rings (SSSR count). The molecule has 0 saturated carbocycles. The standard InChI is InChI=1S/C26H29NO3/c1-2-25(30-26-11-7-6-10-24(26)29)23-18-22(28)16-17-27(23)21-14-12-20(13-15-21)19-8-4-3-5-9-19/h3-15,22-23,25,28-29H,2,16-18H2,1H3. The molecule has 0 spiro atoms. The van der Waals surface area contributed by atoms with Gasteiger partial charge in [0, 0.05) is 12.2 Å². The molecule has 3 unspecified atom stereocenters. The number of anilines is 1. The SMILES string of the molecule is CCC(Oc1ccccc1O)C1CC(O)CCN1c1ccc(-c2ccccc2)cc1. The zero-order valence-corrected chi connectivity index (χ0v) is 17.3. The Morgan fingerprint density at radius 3 is 2.30 bits per heavy atom. The number of phenols is 1. The predicted octanol–water partition coefficient (Wildman–Crippen LogP) is 5.25. The summed E-state index contributed by atoms with van der Waals surface area (Å²) < 4.78 is 6.22. The van der Waals surface area contributed by atoms with E-state index in [0.29, 0.717) is 12.2 Å². The van der Waals surface area contributed by atoms with Crippen molar-refractivity contribution in [1.82, 2.24) is 0 Å². The first-order valence-electron chi connectivity index (χ1n) is 10.7. The maximum absolute atomic E-state index is 10.4. The van der Waals surface area contributed by atoms with Crippen LogP contribution in [0.3, 0.4) is 0 Å². The average Bonchev–Trinajstić information content (AvgIpc) is 2.79. The Bertz CT molecular complexity index is 942. The maximum atomic E-state index is 10.4. The number of piperidine rings is 1. The van der Waals surface area contributed by atoms with E-state index >= 15 is 0 Å². The highest BCUT2D eigenvalue weighted by atomic mass is 16.5. The molecule has 3 aromatic carbocycles. The second-order valence-corrected chi connectivity index (χ2v) is 7.88. The number of rotatable bonds is 6. The van der Waals surface area contributed by atoms with Crippen LogP contribution < -0.4 is 9.64 Å². The van der Waals surface area contributed by atoms with Crippen LogP contribution in [-0.2, 0) is 0 Å². The summed E-state index contributed by atoms with van der Waals surface area (Å²) in [6, 6.07) is 26.1. The highest BCUT2D eigenvalue weighted by molar-refractivity contribution is 5.66. The summed E-state index contributed by atoms with van der Waals surface area (Å²) in [4.78, 5) is 2.34. The Balaban J connectivity index is 1.58. The van der Waals surface area contributed by atoms with Crippen molar-refractivity contribution in [1.29, 1.82) is 0 Å². The quantitative estimate of drug-likeness (QED) is 0.590. The lowest BCUT2D eigenvalue weighted by Crippen LogP contribution is -2.52. The van der Waals surface area contributed by atoms with Gasteiger partial charge in [0.15, 0.2) is 11.5 Å². The monoisotopic (exact) mass is 403 g/mol. The summed E-state index contributed by atoms with van der Waals surface area (Å²) in [7, 11) is 0. The van der Waals surface area contributed by atoms with Gasteiger partial charge in [-0.2, -0.15) is 0 Å². The number of aliphatic hydroxyl groups is 1. The lowest BCUT2D eigenvalue weighted by atomic mass is 9.92. The van der Waals surface area contributed by atoms with Crippen LogP contribution in [0.2, 0.25) is 0 Å². The molecule has 4 nitrogen and oxygen atoms in total. The van der Waals surface area contributed by atoms with Crippen LogP contribution in [0.1, 0.15) is 26.2 Å². The summed E-state index contributed by atoms with van der Waals surface area (Å²) in [5, 5.41) is 20.5. The summed E-state index contributed by atoms with van der Waals surface area (Å²) in [6.07, 6.45) is 1.69. The van der Waals surface area contributed by atoms with Gasteiger partial charge in [0.05, 0.1) is 12.1 Å². The van der Waals surface area contributed by atoms with Crippen molar-refractivity contribution < 1.29 is 14.9 Å². The zero-order valence-electron chi connectivity index (χ0n) is 17.3. The van der Waals surface area contributed by atoms with Gasteiger partial charge in [-0.15, -0.1) is 0 Å². The van der Waals surface area contributed by atoms with Crippen LogP contribution in [0, 0.1) is 0 Å². The first kappa shape index (κ1) is 20.3. The van der Waals surface area contributed by atoms with Crippen LogP contribution in [0.15, 0.2) is 78.9 Å². The van der Waals surface area contributed by atoms with E-state index in [-0.39, 0.29) is 24.0 Å². The lowest BCUT2D eigenvalue weighted by molar-refractivity contribution is 0.0786. The number of phenolic OH excluding ortho intramolecular Hbond substituents is 1. The Morgan fingerprint density at radius 2 is 1.60 bits per heavy atom. The molecule has 156 valence electrons. The van der Waals surface area contributed by atoms with Gasteiger partial charge in [-0.3, -0.25) is 0 Å². The Hall–Kier alpha value is -2.98. The van der Waals surface area contributed by atoms with Gasteiger partial charge in [-0.05, 0) is 54.7 Å². The molecular formula is C26H29NO3. The van der Waals surface area contributed by atoms with Crippen molar-refractivity contribution >= 4 is 5.69 Å². The van der Waals surface area contributed by atoms with Crippen LogP contribution >= 0.6 is 0 Å². The normalized spacial score (nSPS) is 20.0. The molecule has 1 aliphatic heterocycles. The summed E-state index contributed by atoms with van der Waals surface area (Å²) in [5.74, 6) is 0.634. The number of aliphatic hydroxyl groups excluding tert-OH is 1. The molecule has 3 atom stereocenters. The smallest absolute Gasteiger partial charge is 0.161 e. The Labute approximate surface area is 178 Å². The van der Waals surface area contributed by atoms with Gasteiger partial charge in [0.2, 0.25) is 0 Å². The number of hydrogen-bond acceptors (Lipinski definition) is 4. The molecule has 30 heavy (non-hydrogen) atoms. The van der Waals surface area contributed by atoms with Gasteiger partial charge in [0.25, 0.3) is 0 Å². The second kappa shape index (κ2) is 9.23. The van der Waals surface area contributed by atoms with Crippen molar-refractivity contribution in [2.45, 2.75) is 44.4 Å². The lowest BCUT2D eigenvalue weighted by Gasteiger charge is -2.43. The molecule has 3 aromatic rings. The third kappa shape index (κ3) is 4.44. The van der Waals surface area contributed by atoms with Crippen molar-refractivity contribution in [3.05, 3.63) is 78.9 Å². The molecular weight excluding hydrogens is 374 g/mol. The maximum Gasteiger partial charge on any atom is 0.161 e. The van der Waals surface area contributed by atoms with Gasteiger partial charge < -0.3 is 19.8 Å². The number of hydrogen-bond donors (Lipinski definition) is 2. The topological polar surface area (TPSA) is 52.9 Å². The summed E-state index contributed by atoms with van der Waals surface area (Å²) >= 11 is 0. The average molecular weight is 404 g/mol. The van der Waals surface area contributed by atoms with Gasteiger partial charge in [-0.25, -0.2) is 0 Å². The number of para-hydroxylation sites is 2. The van der Waals surface area contributed by atoms with E-state index in [0.717, 1.165) is 25.1 Å². The van der Waals surface area contributed by atoms with Crippen molar-refractivity contribution in [2.75, 3.05) is 11.4 Å². The van der Waals surface area contributed by atoms with Crippen molar-refractivity contribution in [2.24, 2.45) is 0 Å². The number of nitrogens with zero attached hydrogens (tertiary/aromatic N) is 1. The fourth-order valence-corrected chi connectivity index (χ4v) is 4.28. The third-order valence-corrected chi connectivity index (χ3v) is 5.90. The molecule has 0 radical (unpaired) electrons. The van der Waals surface area contributed by atoms with Crippen LogP contribution in [0.25, 0.3) is 11.1 Å². The highest BCUT2D eigenvalue weighted by Gasteiger charge is 2.34. The molecule has 0 aliphatic carbocycles. The van der Waals surface area contributed by atoms with Gasteiger partial charge >= 0.3 is 0 Å². The van der Waals surface area contributed by atoms with Crippen molar-refractivity contribution in [3.63, 3.8) is 0 Å². The minimum absolute atomic E-state index is 0.0286. The van der Waals surface area contributed by atoms with Crippen LogP contribution in [0.5, 0.6) is 11.5 Å². The van der Waals surface area contributed by atoms with E-state index in [9.17, 15) is 10.2 Å². The van der Waals surface area contributed by atoms with Gasteiger partial charge in [0.1, 0.15) is 6.10 Å². The van der Waals surface area contributed by atoms with E-state index in [4.69, 9.17) is 4.74 Å². The van der Waals surface area contributed by atoms with Crippen molar-refractivity contribution in [3.8, 4) is 22.6 Å². The Kier molecular flexibility index (Phi) is 6.24. The van der Waals surface area contributed by atoms with Crippen LogP contribution in [-0.4, -0.2) is 35.0 Å². The fourth-order valence-electron chi connectivity index (χ4n) is 4.28. The van der Waals surface area contributed by atoms with E-state index in [1.807, 2.05) is 24.3 Å². The third-order valence-electron chi connectivity index (χ3n) is 5.90. The Morgan fingerprint density at radius 1 is 0.933 bits per heavy atom. The van der Waals surface area contributed by atoms with E-state index < -0.39 is 0 Å². The molecule has 1 heterocycles. The summed E-state index contributed by atoms with van der Waals surface area (Å²) in [6.45, 7) is 2.86. The minimum atomic E-state index is -0.336. The molecule has 4 heteroatoms. The predicted molar refractivity (Wildman–Crippen MR) is 121 cm³/mol. The molecule has 0 aromatic heterocycles. The highest BCUT2D eigenvalue weighted by Crippen LogP contribution is 2.33.